The first kappa shape index (κ1) is 17.5. The quantitative estimate of drug-likeness (QED) is 0.688. The van der Waals surface area contributed by atoms with Gasteiger partial charge in [-0.1, -0.05) is 44.0 Å². The van der Waals surface area contributed by atoms with E-state index in [1.165, 1.54) is 5.56 Å². The molecule has 0 aliphatic heterocycles. The van der Waals surface area contributed by atoms with Crippen LogP contribution in [0.4, 0.5) is 0 Å². The Hall–Kier alpha value is -0.570. The Labute approximate surface area is 128 Å². The highest BCUT2D eigenvalue weighted by Gasteiger charge is 2.21. The van der Waals surface area contributed by atoms with Gasteiger partial charge in [0.25, 0.3) is 0 Å². The van der Waals surface area contributed by atoms with Gasteiger partial charge in [0.05, 0.1) is 6.10 Å². The largest absolute Gasteiger partial charge is 0.377 e. The summed E-state index contributed by atoms with van der Waals surface area (Å²) in [4.78, 5) is 0. The highest BCUT2D eigenvalue weighted by atomic mass is 35.5. The second-order valence-electron chi connectivity index (χ2n) is 5.18. The van der Waals surface area contributed by atoms with Crippen molar-refractivity contribution in [1.29, 1.82) is 0 Å². The third-order valence-electron chi connectivity index (χ3n) is 3.40. The lowest BCUT2D eigenvalue weighted by Gasteiger charge is -2.28. The van der Waals surface area contributed by atoms with Crippen LogP contribution in [0.3, 0.4) is 0 Å². The minimum absolute atomic E-state index is 0.274. The molecule has 0 saturated heterocycles. The van der Waals surface area contributed by atoms with E-state index >= 15 is 0 Å². The molecule has 1 aromatic carbocycles. The Bertz CT molecular complexity index is 364. The van der Waals surface area contributed by atoms with Crippen molar-refractivity contribution >= 4 is 11.6 Å². The van der Waals surface area contributed by atoms with Gasteiger partial charge in [0.2, 0.25) is 0 Å². The van der Waals surface area contributed by atoms with E-state index in [1.54, 1.807) is 0 Å². The second kappa shape index (κ2) is 10.2. The maximum absolute atomic E-state index is 6.08. The van der Waals surface area contributed by atoms with Gasteiger partial charge in [-0.2, -0.15) is 0 Å². The van der Waals surface area contributed by atoms with Crippen molar-refractivity contribution in [3.8, 4) is 0 Å². The molecule has 0 radical (unpaired) electrons. The van der Waals surface area contributed by atoms with Crippen LogP contribution in [0, 0.1) is 0 Å². The van der Waals surface area contributed by atoms with Crippen molar-refractivity contribution < 1.29 is 4.74 Å². The summed E-state index contributed by atoms with van der Waals surface area (Å²) in [6.07, 6.45) is 4.61. The van der Waals surface area contributed by atoms with Crippen molar-refractivity contribution in [3.05, 3.63) is 34.9 Å². The molecule has 0 spiro atoms. The topological polar surface area (TPSA) is 21.3 Å². The summed E-state index contributed by atoms with van der Waals surface area (Å²) in [5.41, 5.74) is 1.27. The molecule has 2 nitrogen and oxygen atoms in total. The molecule has 0 heterocycles. The van der Waals surface area contributed by atoms with Crippen LogP contribution in [0.2, 0.25) is 5.02 Å². The summed E-state index contributed by atoms with van der Waals surface area (Å²) in [7, 11) is 0. The molecule has 0 fully saturated rings. The first-order chi connectivity index (χ1) is 9.71. The Morgan fingerprint density at radius 2 is 2.00 bits per heavy atom. The van der Waals surface area contributed by atoms with E-state index in [4.69, 9.17) is 16.3 Å². The molecule has 0 aromatic heterocycles. The third-order valence-corrected chi connectivity index (χ3v) is 3.64. The first-order valence-electron chi connectivity index (χ1n) is 7.80. The lowest BCUT2D eigenvalue weighted by atomic mass is 9.98. The molecule has 0 bridgehead atoms. The summed E-state index contributed by atoms with van der Waals surface area (Å²) >= 11 is 6.08. The second-order valence-corrected chi connectivity index (χ2v) is 5.61. The number of nitrogens with one attached hydrogen (secondary N) is 1. The smallest absolute Gasteiger partial charge is 0.0731 e. The van der Waals surface area contributed by atoms with Crippen LogP contribution in [0.25, 0.3) is 0 Å². The molecule has 1 rings (SSSR count). The van der Waals surface area contributed by atoms with E-state index in [2.05, 4.69) is 38.2 Å². The van der Waals surface area contributed by atoms with E-state index in [0.717, 1.165) is 43.9 Å². The predicted molar refractivity (Wildman–Crippen MR) is 87.6 cm³/mol. The Morgan fingerprint density at radius 1 is 1.20 bits per heavy atom. The van der Waals surface area contributed by atoms with E-state index < -0.39 is 0 Å². The summed E-state index contributed by atoms with van der Waals surface area (Å²) in [5.74, 6) is 0. The molecule has 0 aliphatic carbocycles. The number of halogens is 1. The molecule has 2 atom stereocenters. The van der Waals surface area contributed by atoms with Crippen LogP contribution in [-0.2, 0) is 11.2 Å². The van der Waals surface area contributed by atoms with Gasteiger partial charge in [-0.25, -0.2) is 0 Å². The molecule has 114 valence electrons. The fraction of sp³-hybridized carbons (Fsp3) is 0.647. The molecular formula is C17H28ClNO. The SMILES string of the molecule is CCCNC(Cc1cccc(Cl)c1)C(CCC)OCC. The number of hydrogen-bond acceptors (Lipinski definition) is 2. The van der Waals surface area contributed by atoms with Crippen molar-refractivity contribution in [2.45, 2.75) is 58.6 Å². The molecule has 1 aromatic rings. The molecule has 3 heteroatoms. The molecule has 1 N–H and O–H groups in total. The van der Waals surface area contributed by atoms with Gasteiger partial charge in [-0.15, -0.1) is 0 Å². The summed E-state index contributed by atoms with van der Waals surface area (Å²) in [6.45, 7) is 8.27. The van der Waals surface area contributed by atoms with E-state index in [0.29, 0.717) is 6.04 Å². The highest BCUT2D eigenvalue weighted by molar-refractivity contribution is 6.30. The standard InChI is InChI=1S/C17H28ClNO/c1-4-8-17(20-6-3)16(19-11-5-2)13-14-9-7-10-15(18)12-14/h7,9-10,12,16-17,19H,4-6,8,11,13H2,1-3H3. The van der Waals surface area contributed by atoms with Crippen molar-refractivity contribution in [1.82, 2.24) is 5.32 Å². The molecule has 0 saturated carbocycles. The monoisotopic (exact) mass is 297 g/mol. The Balaban J connectivity index is 2.75. The number of hydrogen-bond donors (Lipinski definition) is 1. The van der Waals surface area contributed by atoms with E-state index in [9.17, 15) is 0 Å². The first-order valence-corrected chi connectivity index (χ1v) is 8.18. The fourth-order valence-electron chi connectivity index (χ4n) is 2.48. The minimum Gasteiger partial charge on any atom is -0.377 e. The average Bonchev–Trinajstić information content (AvgIpc) is 2.43. The van der Waals surface area contributed by atoms with Gasteiger partial charge in [-0.3, -0.25) is 0 Å². The number of rotatable bonds is 10. The molecule has 20 heavy (non-hydrogen) atoms. The lowest BCUT2D eigenvalue weighted by molar-refractivity contribution is 0.0282. The Morgan fingerprint density at radius 3 is 2.60 bits per heavy atom. The minimum atomic E-state index is 0.274. The van der Waals surface area contributed by atoms with Crippen LogP contribution < -0.4 is 5.32 Å². The molecular weight excluding hydrogens is 270 g/mol. The highest BCUT2D eigenvalue weighted by Crippen LogP contribution is 2.16. The van der Waals surface area contributed by atoms with Gasteiger partial charge in [0.15, 0.2) is 0 Å². The zero-order valence-electron chi connectivity index (χ0n) is 13.0. The van der Waals surface area contributed by atoms with Crippen LogP contribution in [0.15, 0.2) is 24.3 Å². The van der Waals surface area contributed by atoms with Crippen molar-refractivity contribution in [2.75, 3.05) is 13.2 Å². The summed E-state index contributed by atoms with van der Waals surface area (Å²) in [6, 6.07) is 8.49. The fourth-order valence-corrected chi connectivity index (χ4v) is 2.69. The van der Waals surface area contributed by atoms with Crippen LogP contribution in [0.5, 0.6) is 0 Å². The third kappa shape index (κ3) is 6.25. The normalized spacial score (nSPS) is 14.2. The Kier molecular flexibility index (Phi) is 8.92. The van der Waals surface area contributed by atoms with Crippen LogP contribution in [0.1, 0.15) is 45.6 Å². The van der Waals surface area contributed by atoms with Gasteiger partial charge >= 0.3 is 0 Å². The summed E-state index contributed by atoms with van der Waals surface area (Å²) < 4.78 is 5.95. The maximum Gasteiger partial charge on any atom is 0.0731 e. The summed E-state index contributed by atoms with van der Waals surface area (Å²) in [5, 5.41) is 4.44. The van der Waals surface area contributed by atoms with Gasteiger partial charge in [0.1, 0.15) is 0 Å². The van der Waals surface area contributed by atoms with Crippen molar-refractivity contribution in [2.24, 2.45) is 0 Å². The van der Waals surface area contributed by atoms with E-state index in [1.807, 2.05) is 12.1 Å². The zero-order chi connectivity index (χ0) is 14.8. The van der Waals surface area contributed by atoms with Gasteiger partial charge in [0, 0.05) is 17.7 Å². The van der Waals surface area contributed by atoms with E-state index in [-0.39, 0.29) is 6.10 Å². The molecule has 0 amide bonds. The zero-order valence-corrected chi connectivity index (χ0v) is 13.7. The maximum atomic E-state index is 6.08. The molecule has 0 aliphatic rings. The van der Waals surface area contributed by atoms with Gasteiger partial charge in [-0.05, 0) is 50.4 Å². The van der Waals surface area contributed by atoms with Crippen molar-refractivity contribution in [3.63, 3.8) is 0 Å². The average molecular weight is 298 g/mol. The lowest BCUT2D eigenvalue weighted by Crippen LogP contribution is -2.43. The number of ether oxygens (including phenoxy) is 1. The van der Waals surface area contributed by atoms with Gasteiger partial charge < -0.3 is 10.1 Å². The molecule has 2 unspecified atom stereocenters. The van der Waals surface area contributed by atoms with Crippen LogP contribution >= 0.6 is 11.6 Å². The van der Waals surface area contributed by atoms with Crippen LogP contribution in [-0.4, -0.2) is 25.3 Å². The predicted octanol–water partition coefficient (Wildman–Crippen LogP) is 4.46. The number of benzene rings is 1.